The number of fused-ring (bicyclic) bond motifs is 1. The summed E-state index contributed by atoms with van der Waals surface area (Å²) in [4.78, 5) is 15.3. The lowest BCUT2D eigenvalue weighted by atomic mass is 9.67. The first kappa shape index (κ1) is 17.4. The third-order valence-corrected chi connectivity index (χ3v) is 5.22. The fourth-order valence-corrected chi connectivity index (χ4v) is 3.46. The van der Waals surface area contributed by atoms with Gasteiger partial charge in [0.25, 0.3) is 0 Å². The van der Waals surface area contributed by atoms with Gasteiger partial charge < -0.3 is 5.11 Å². The Labute approximate surface area is 149 Å². The number of allylic oxidation sites excluding steroid dienone is 2. The molecule has 0 spiro atoms. The molecule has 0 unspecified atom stereocenters. The van der Waals surface area contributed by atoms with Crippen molar-refractivity contribution in [1.82, 2.24) is 4.98 Å². The van der Waals surface area contributed by atoms with Gasteiger partial charge in [0.05, 0.1) is 5.56 Å². The van der Waals surface area contributed by atoms with Gasteiger partial charge in [-0.1, -0.05) is 52.0 Å². The lowest BCUT2D eigenvalue weighted by Gasteiger charge is -2.37. The van der Waals surface area contributed by atoms with Gasteiger partial charge >= 0.3 is 5.97 Å². The average molecular weight is 335 g/mol. The molecule has 1 aliphatic carbocycles. The van der Waals surface area contributed by atoms with Crippen molar-refractivity contribution < 1.29 is 9.90 Å². The summed E-state index contributed by atoms with van der Waals surface area (Å²) in [7, 11) is 0. The monoisotopic (exact) mass is 335 g/mol. The quantitative estimate of drug-likeness (QED) is 0.819. The highest BCUT2D eigenvalue weighted by atomic mass is 16.4. The first-order valence-corrected chi connectivity index (χ1v) is 8.63. The first-order chi connectivity index (χ1) is 11.6. The molecule has 0 fully saturated rings. The van der Waals surface area contributed by atoms with Crippen molar-refractivity contribution in [1.29, 1.82) is 0 Å². The maximum absolute atomic E-state index is 11.0. The van der Waals surface area contributed by atoms with Crippen LogP contribution in [0.25, 0.3) is 0 Å². The van der Waals surface area contributed by atoms with Crippen molar-refractivity contribution in [3.63, 3.8) is 0 Å². The highest BCUT2D eigenvalue weighted by molar-refractivity contribution is 5.87. The van der Waals surface area contributed by atoms with Crippen LogP contribution in [0.3, 0.4) is 0 Å². The van der Waals surface area contributed by atoms with Crippen molar-refractivity contribution in [2.24, 2.45) is 0 Å². The molecule has 0 radical (unpaired) electrons. The van der Waals surface area contributed by atoms with Crippen LogP contribution in [0.2, 0.25) is 0 Å². The maximum Gasteiger partial charge on any atom is 0.337 e. The van der Waals surface area contributed by atoms with Crippen LogP contribution < -0.4 is 0 Å². The van der Waals surface area contributed by atoms with Gasteiger partial charge in [-0.25, -0.2) is 4.79 Å². The van der Waals surface area contributed by atoms with Gasteiger partial charge in [0.15, 0.2) is 0 Å². The van der Waals surface area contributed by atoms with Crippen LogP contribution in [0.1, 0.15) is 66.0 Å². The Morgan fingerprint density at radius 1 is 1.04 bits per heavy atom. The molecule has 130 valence electrons. The molecule has 3 rings (SSSR count). The summed E-state index contributed by atoms with van der Waals surface area (Å²) in [6.45, 7) is 11.1. The van der Waals surface area contributed by atoms with E-state index in [0.717, 1.165) is 5.69 Å². The lowest BCUT2D eigenvalue weighted by Crippen LogP contribution is -2.29. The van der Waals surface area contributed by atoms with Crippen LogP contribution in [0.15, 0.2) is 42.6 Å². The average Bonchev–Trinajstić information content (AvgIpc) is 2.54. The van der Waals surface area contributed by atoms with E-state index < -0.39 is 5.97 Å². The van der Waals surface area contributed by atoms with E-state index in [1.807, 2.05) is 0 Å². The molecule has 1 aromatic carbocycles. The van der Waals surface area contributed by atoms with Crippen LogP contribution in [0.5, 0.6) is 0 Å². The lowest BCUT2D eigenvalue weighted by molar-refractivity contribution is 0.0696. The number of benzene rings is 1. The Balaban J connectivity index is 2.00. The number of carbonyl (C=O) groups is 1. The second-order valence-corrected chi connectivity index (χ2v) is 8.12. The molecule has 0 amide bonds. The van der Waals surface area contributed by atoms with Gasteiger partial charge in [-0.15, -0.1) is 0 Å². The van der Waals surface area contributed by atoms with E-state index in [2.05, 4.69) is 63.9 Å². The van der Waals surface area contributed by atoms with Crippen molar-refractivity contribution >= 4 is 5.97 Å². The number of carboxylic acid groups (broad SMARTS) is 1. The predicted octanol–water partition coefficient (Wildman–Crippen LogP) is 4.80. The normalized spacial score (nSPS) is 17.2. The Bertz CT molecular complexity index is 858. The van der Waals surface area contributed by atoms with E-state index >= 15 is 0 Å². The molecule has 1 aromatic heterocycles. The van der Waals surface area contributed by atoms with Gasteiger partial charge in [0.1, 0.15) is 0 Å². The summed E-state index contributed by atoms with van der Waals surface area (Å²) < 4.78 is 0. The summed E-state index contributed by atoms with van der Waals surface area (Å²) in [5.41, 5.74) is 6.40. The SMILES string of the molecule is Cc1cc2c(cc1Cc1ccc(C(=O)O)cn1)C(C)(C)C=CC2(C)C. The Morgan fingerprint density at radius 3 is 2.16 bits per heavy atom. The maximum atomic E-state index is 11.0. The van der Waals surface area contributed by atoms with Crippen LogP contribution in [-0.4, -0.2) is 16.1 Å². The van der Waals surface area contributed by atoms with Crippen LogP contribution in [0.4, 0.5) is 0 Å². The Hall–Kier alpha value is -2.42. The smallest absolute Gasteiger partial charge is 0.337 e. The van der Waals surface area contributed by atoms with Gasteiger partial charge in [-0.05, 0) is 41.3 Å². The van der Waals surface area contributed by atoms with E-state index in [1.165, 1.54) is 28.5 Å². The van der Waals surface area contributed by atoms with E-state index in [9.17, 15) is 4.79 Å². The molecule has 0 atom stereocenters. The molecular weight excluding hydrogens is 310 g/mol. The summed E-state index contributed by atoms with van der Waals surface area (Å²) in [5.74, 6) is -0.945. The van der Waals surface area contributed by atoms with Gasteiger partial charge in [0, 0.05) is 29.1 Å². The highest BCUT2D eigenvalue weighted by Gasteiger charge is 2.33. The van der Waals surface area contributed by atoms with E-state index in [0.29, 0.717) is 6.42 Å². The summed E-state index contributed by atoms with van der Waals surface area (Å²) >= 11 is 0. The van der Waals surface area contributed by atoms with E-state index in [-0.39, 0.29) is 16.4 Å². The fraction of sp³-hybridized carbons (Fsp3) is 0.364. The number of aryl methyl sites for hydroxylation is 1. The summed E-state index contributed by atoms with van der Waals surface area (Å²) in [6.07, 6.45) is 6.75. The van der Waals surface area contributed by atoms with Crippen molar-refractivity contribution in [3.05, 3.63) is 76.1 Å². The summed E-state index contributed by atoms with van der Waals surface area (Å²) in [5, 5.41) is 9.00. The van der Waals surface area contributed by atoms with Crippen LogP contribution >= 0.6 is 0 Å². The van der Waals surface area contributed by atoms with Gasteiger partial charge in [-0.3, -0.25) is 4.98 Å². The van der Waals surface area contributed by atoms with Crippen LogP contribution in [0, 0.1) is 6.92 Å². The molecular formula is C22H25NO2. The van der Waals surface area contributed by atoms with Gasteiger partial charge in [-0.2, -0.15) is 0 Å². The van der Waals surface area contributed by atoms with E-state index in [4.69, 9.17) is 5.11 Å². The van der Waals surface area contributed by atoms with Crippen molar-refractivity contribution in [3.8, 4) is 0 Å². The number of rotatable bonds is 3. The van der Waals surface area contributed by atoms with Crippen LogP contribution in [-0.2, 0) is 17.3 Å². The zero-order valence-corrected chi connectivity index (χ0v) is 15.6. The molecule has 2 aromatic rings. The standard InChI is InChI=1S/C22H25NO2/c1-14-10-18-19(22(4,5)9-8-21(18,2)3)12-16(14)11-17-7-6-15(13-23-17)20(24)25/h6-10,12-13H,11H2,1-5H3,(H,24,25). The zero-order chi connectivity index (χ0) is 18.4. The summed E-state index contributed by atoms with van der Waals surface area (Å²) in [6, 6.07) is 8.04. The minimum absolute atomic E-state index is 0.00783. The molecule has 0 saturated heterocycles. The van der Waals surface area contributed by atoms with Crippen molar-refractivity contribution in [2.75, 3.05) is 0 Å². The Kier molecular flexibility index (Phi) is 4.06. The number of nitrogens with zero attached hydrogens (tertiary/aromatic N) is 1. The van der Waals surface area contributed by atoms with Crippen molar-refractivity contribution in [2.45, 2.75) is 51.9 Å². The molecule has 3 nitrogen and oxygen atoms in total. The number of aromatic nitrogens is 1. The second-order valence-electron chi connectivity index (χ2n) is 8.12. The number of aromatic carboxylic acids is 1. The number of pyridine rings is 1. The zero-order valence-electron chi connectivity index (χ0n) is 15.6. The molecule has 0 aliphatic heterocycles. The topological polar surface area (TPSA) is 50.2 Å². The highest BCUT2D eigenvalue weighted by Crippen LogP contribution is 2.42. The number of hydrogen-bond acceptors (Lipinski definition) is 2. The molecule has 1 N–H and O–H groups in total. The first-order valence-electron chi connectivity index (χ1n) is 8.63. The minimum Gasteiger partial charge on any atom is -0.478 e. The molecule has 1 aliphatic rings. The molecule has 25 heavy (non-hydrogen) atoms. The third-order valence-electron chi connectivity index (χ3n) is 5.22. The van der Waals surface area contributed by atoms with E-state index in [1.54, 1.807) is 12.1 Å². The number of carboxylic acids is 1. The Morgan fingerprint density at radius 2 is 1.64 bits per heavy atom. The molecule has 0 bridgehead atoms. The largest absolute Gasteiger partial charge is 0.478 e. The molecule has 1 heterocycles. The minimum atomic E-state index is -0.945. The molecule has 3 heteroatoms. The fourth-order valence-electron chi connectivity index (χ4n) is 3.46. The second kappa shape index (κ2) is 5.83. The third kappa shape index (κ3) is 3.23. The molecule has 0 saturated carbocycles. The van der Waals surface area contributed by atoms with Gasteiger partial charge in [0.2, 0.25) is 0 Å². The predicted molar refractivity (Wildman–Crippen MR) is 100 cm³/mol. The number of hydrogen-bond donors (Lipinski definition) is 1.